The van der Waals surface area contributed by atoms with E-state index in [1.165, 1.54) is 6.20 Å². The number of aromatic amines is 1. The molecule has 0 radical (unpaired) electrons. The number of nitrogens with one attached hydrogen (secondary N) is 3. The minimum absolute atomic E-state index is 0.115. The number of aromatic nitrogens is 1. The summed E-state index contributed by atoms with van der Waals surface area (Å²) < 4.78 is 32.6. The zero-order valence-electron chi connectivity index (χ0n) is 12.8. The Bertz CT molecular complexity index is 554. The molecule has 0 aliphatic carbocycles. The predicted octanol–water partition coefficient (Wildman–Crippen LogP) is 1.22. The lowest BCUT2D eigenvalue weighted by atomic mass is 10.0. The summed E-state index contributed by atoms with van der Waals surface area (Å²) in [6.45, 7) is 7.84. The van der Waals surface area contributed by atoms with Gasteiger partial charge in [-0.3, -0.25) is 0 Å². The third-order valence-corrected chi connectivity index (χ3v) is 5.20. The molecule has 7 heteroatoms. The Kier molecular flexibility index (Phi) is 5.43. The molecule has 3 N–H and O–H groups in total. The molecular weight excluding hydrogens is 290 g/mol. The SMILES string of the molecule is CC(C)NCc1cc(S(=O)(=O)NCC2CCOC2C)c[nH]1. The molecule has 1 aliphatic heterocycles. The highest BCUT2D eigenvalue weighted by molar-refractivity contribution is 7.89. The fraction of sp³-hybridized carbons (Fsp3) is 0.714. The van der Waals surface area contributed by atoms with Crippen molar-refractivity contribution in [2.75, 3.05) is 13.2 Å². The van der Waals surface area contributed by atoms with Gasteiger partial charge in [-0.15, -0.1) is 0 Å². The fourth-order valence-electron chi connectivity index (χ4n) is 2.33. The molecule has 2 unspecified atom stereocenters. The highest BCUT2D eigenvalue weighted by atomic mass is 32.2. The van der Waals surface area contributed by atoms with Crippen LogP contribution in [-0.4, -0.2) is 38.7 Å². The van der Waals surface area contributed by atoms with Crippen molar-refractivity contribution in [3.63, 3.8) is 0 Å². The van der Waals surface area contributed by atoms with Crippen molar-refractivity contribution in [3.8, 4) is 0 Å². The molecule has 0 amide bonds. The Hall–Kier alpha value is -0.890. The molecule has 1 aliphatic rings. The van der Waals surface area contributed by atoms with Gasteiger partial charge < -0.3 is 15.0 Å². The highest BCUT2D eigenvalue weighted by Gasteiger charge is 2.26. The molecule has 2 rings (SSSR count). The monoisotopic (exact) mass is 315 g/mol. The summed E-state index contributed by atoms with van der Waals surface area (Å²) in [7, 11) is -3.45. The van der Waals surface area contributed by atoms with Crippen LogP contribution >= 0.6 is 0 Å². The molecule has 0 bridgehead atoms. The van der Waals surface area contributed by atoms with Crippen molar-refractivity contribution in [1.29, 1.82) is 0 Å². The second-order valence-electron chi connectivity index (χ2n) is 5.87. The Morgan fingerprint density at radius 1 is 1.48 bits per heavy atom. The van der Waals surface area contributed by atoms with Crippen molar-refractivity contribution in [3.05, 3.63) is 18.0 Å². The Morgan fingerprint density at radius 3 is 2.86 bits per heavy atom. The van der Waals surface area contributed by atoms with Gasteiger partial charge in [0.05, 0.1) is 11.0 Å². The summed E-state index contributed by atoms with van der Waals surface area (Å²) in [5.74, 6) is 0.251. The van der Waals surface area contributed by atoms with E-state index in [9.17, 15) is 8.42 Å². The fourth-order valence-corrected chi connectivity index (χ4v) is 3.45. The molecule has 6 nitrogen and oxygen atoms in total. The minimum Gasteiger partial charge on any atom is -0.378 e. The average molecular weight is 315 g/mol. The maximum Gasteiger partial charge on any atom is 0.242 e. The van der Waals surface area contributed by atoms with Gasteiger partial charge in [0.2, 0.25) is 10.0 Å². The van der Waals surface area contributed by atoms with E-state index in [1.807, 2.05) is 20.8 Å². The number of sulfonamides is 1. The van der Waals surface area contributed by atoms with E-state index in [2.05, 4.69) is 15.0 Å². The Labute approximate surface area is 126 Å². The van der Waals surface area contributed by atoms with Gasteiger partial charge in [0.25, 0.3) is 0 Å². The second kappa shape index (κ2) is 6.91. The predicted molar refractivity (Wildman–Crippen MR) is 81.5 cm³/mol. The van der Waals surface area contributed by atoms with Crippen LogP contribution in [0.3, 0.4) is 0 Å². The lowest BCUT2D eigenvalue weighted by molar-refractivity contribution is 0.107. The zero-order chi connectivity index (χ0) is 15.5. The van der Waals surface area contributed by atoms with Crippen LogP contribution < -0.4 is 10.0 Å². The first kappa shape index (κ1) is 16.5. The highest BCUT2D eigenvalue weighted by Crippen LogP contribution is 2.20. The zero-order valence-corrected chi connectivity index (χ0v) is 13.7. The first-order chi connectivity index (χ1) is 9.88. The molecule has 1 saturated heterocycles. The molecule has 2 atom stereocenters. The van der Waals surface area contributed by atoms with Gasteiger partial charge >= 0.3 is 0 Å². The van der Waals surface area contributed by atoms with Crippen LogP contribution in [0.5, 0.6) is 0 Å². The summed E-state index contributed by atoms with van der Waals surface area (Å²) in [6, 6.07) is 2.03. The Morgan fingerprint density at radius 2 is 2.24 bits per heavy atom. The third kappa shape index (κ3) is 4.54. The largest absolute Gasteiger partial charge is 0.378 e. The molecule has 1 fully saturated rings. The molecule has 0 saturated carbocycles. The summed E-state index contributed by atoms with van der Waals surface area (Å²) >= 11 is 0. The van der Waals surface area contributed by atoms with Gasteiger partial charge in [0.1, 0.15) is 0 Å². The molecule has 0 spiro atoms. The summed E-state index contributed by atoms with van der Waals surface area (Å²) in [5, 5.41) is 3.25. The first-order valence-corrected chi connectivity index (χ1v) is 8.89. The van der Waals surface area contributed by atoms with Crippen molar-refractivity contribution >= 4 is 10.0 Å². The average Bonchev–Trinajstić information content (AvgIpc) is 3.03. The van der Waals surface area contributed by atoms with E-state index >= 15 is 0 Å². The van der Waals surface area contributed by atoms with Crippen molar-refractivity contribution in [1.82, 2.24) is 15.0 Å². The lowest BCUT2D eigenvalue weighted by Gasteiger charge is -2.14. The van der Waals surface area contributed by atoms with E-state index in [-0.39, 0.29) is 16.9 Å². The third-order valence-electron chi connectivity index (χ3n) is 3.80. The van der Waals surface area contributed by atoms with Crippen LogP contribution in [0, 0.1) is 5.92 Å². The number of hydrogen-bond donors (Lipinski definition) is 3. The van der Waals surface area contributed by atoms with E-state index in [0.717, 1.165) is 12.1 Å². The van der Waals surface area contributed by atoms with E-state index in [4.69, 9.17) is 4.74 Å². The van der Waals surface area contributed by atoms with Gasteiger partial charge in [-0.25, -0.2) is 13.1 Å². The lowest BCUT2D eigenvalue weighted by Crippen LogP contribution is -2.31. The molecule has 21 heavy (non-hydrogen) atoms. The van der Waals surface area contributed by atoms with Crippen LogP contribution in [-0.2, 0) is 21.3 Å². The molecular formula is C14H25N3O3S. The van der Waals surface area contributed by atoms with Crippen molar-refractivity contribution in [2.24, 2.45) is 5.92 Å². The number of rotatable bonds is 7. The summed E-state index contributed by atoms with van der Waals surface area (Å²) in [4.78, 5) is 3.28. The van der Waals surface area contributed by atoms with Gasteiger partial charge in [-0.1, -0.05) is 13.8 Å². The van der Waals surface area contributed by atoms with Gasteiger partial charge in [0, 0.05) is 43.5 Å². The van der Waals surface area contributed by atoms with Crippen LogP contribution in [0.25, 0.3) is 0 Å². The van der Waals surface area contributed by atoms with Crippen LogP contribution in [0.2, 0.25) is 0 Å². The standard InChI is InChI=1S/C14H25N3O3S/c1-10(2)15-8-13-6-14(9-16-13)21(18,19)17-7-12-4-5-20-11(12)3/h6,9-12,15-17H,4-5,7-8H2,1-3H3. The maximum atomic E-state index is 12.3. The van der Waals surface area contributed by atoms with E-state index in [0.29, 0.717) is 25.7 Å². The minimum atomic E-state index is -3.45. The number of H-pyrrole nitrogens is 1. The summed E-state index contributed by atoms with van der Waals surface area (Å²) in [5.41, 5.74) is 0.863. The van der Waals surface area contributed by atoms with Gasteiger partial charge in [-0.2, -0.15) is 0 Å². The molecule has 120 valence electrons. The quantitative estimate of drug-likeness (QED) is 0.706. The number of ether oxygens (including phenoxy) is 1. The molecule has 2 heterocycles. The molecule has 0 aromatic carbocycles. The van der Waals surface area contributed by atoms with Crippen LogP contribution in [0.15, 0.2) is 17.2 Å². The first-order valence-electron chi connectivity index (χ1n) is 7.40. The normalized spacial score (nSPS) is 23.0. The molecule has 1 aromatic rings. The smallest absolute Gasteiger partial charge is 0.242 e. The van der Waals surface area contributed by atoms with Crippen molar-refractivity contribution < 1.29 is 13.2 Å². The van der Waals surface area contributed by atoms with E-state index < -0.39 is 10.0 Å². The molecule has 1 aromatic heterocycles. The van der Waals surface area contributed by atoms with E-state index in [1.54, 1.807) is 6.07 Å². The van der Waals surface area contributed by atoms with Gasteiger partial charge in [0.15, 0.2) is 0 Å². The van der Waals surface area contributed by atoms with Crippen LogP contribution in [0.1, 0.15) is 32.9 Å². The van der Waals surface area contributed by atoms with Gasteiger partial charge in [-0.05, 0) is 19.4 Å². The topological polar surface area (TPSA) is 83.2 Å². The van der Waals surface area contributed by atoms with Crippen molar-refractivity contribution in [2.45, 2.75) is 50.8 Å². The number of hydrogen-bond acceptors (Lipinski definition) is 4. The van der Waals surface area contributed by atoms with Crippen LogP contribution in [0.4, 0.5) is 0 Å². The maximum absolute atomic E-state index is 12.3. The second-order valence-corrected chi connectivity index (χ2v) is 7.64. The Balaban J connectivity index is 1.92. The summed E-state index contributed by atoms with van der Waals surface area (Å²) in [6.07, 6.45) is 2.55.